The molecule has 20 heavy (non-hydrogen) atoms. The lowest BCUT2D eigenvalue weighted by molar-refractivity contribution is -0.0384. The van der Waals surface area contributed by atoms with Crippen LogP contribution in [-0.2, 0) is 11.2 Å². The number of benzene rings is 1. The van der Waals surface area contributed by atoms with E-state index in [-0.39, 0.29) is 12.1 Å². The summed E-state index contributed by atoms with van der Waals surface area (Å²) in [7, 11) is 2.13. The molecule has 0 bridgehead atoms. The highest BCUT2D eigenvalue weighted by molar-refractivity contribution is 5.25. The number of hydrazine groups is 1. The Bertz CT molecular complexity index is 405. The van der Waals surface area contributed by atoms with E-state index in [2.05, 4.69) is 55.5 Å². The van der Waals surface area contributed by atoms with Crippen molar-refractivity contribution in [1.29, 1.82) is 0 Å². The largest absolute Gasteiger partial charge is 0.374 e. The van der Waals surface area contributed by atoms with Crippen molar-refractivity contribution in [3.8, 4) is 0 Å². The molecule has 0 amide bonds. The van der Waals surface area contributed by atoms with Gasteiger partial charge in [0.1, 0.15) is 0 Å². The monoisotopic (exact) mass is 277 g/mol. The van der Waals surface area contributed by atoms with E-state index in [9.17, 15) is 0 Å². The zero-order valence-electron chi connectivity index (χ0n) is 12.8. The average Bonchev–Trinajstić information content (AvgIpc) is 2.45. The predicted octanol–water partition coefficient (Wildman–Crippen LogP) is 1.52. The second-order valence-electron chi connectivity index (χ2n) is 6.05. The van der Waals surface area contributed by atoms with Crippen molar-refractivity contribution in [1.82, 2.24) is 10.3 Å². The SMILES string of the molecule is CC(C)c1ccc(CC(NN)C2CN(C)CCO2)cc1. The molecule has 0 radical (unpaired) electrons. The van der Waals surface area contributed by atoms with Crippen molar-refractivity contribution in [3.63, 3.8) is 0 Å². The number of hydrogen-bond acceptors (Lipinski definition) is 4. The summed E-state index contributed by atoms with van der Waals surface area (Å²) in [4.78, 5) is 2.29. The third-order valence-corrected chi connectivity index (χ3v) is 4.06. The molecule has 1 fully saturated rings. The van der Waals surface area contributed by atoms with E-state index >= 15 is 0 Å². The molecule has 2 unspecified atom stereocenters. The molecule has 1 saturated heterocycles. The lowest BCUT2D eigenvalue weighted by atomic mass is 9.97. The van der Waals surface area contributed by atoms with E-state index in [1.54, 1.807) is 0 Å². The standard InChI is InChI=1S/C16H27N3O/c1-12(2)14-6-4-13(5-7-14)10-15(18-17)16-11-19(3)8-9-20-16/h4-7,12,15-16,18H,8-11,17H2,1-3H3. The first-order valence-electron chi connectivity index (χ1n) is 7.45. The van der Waals surface area contributed by atoms with Gasteiger partial charge < -0.3 is 9.64 Å². The first-order chi connectivity index (χ1) is 9.60. The fraction of sp³-hybridized carbons (Fsp3) is 0.625. The number of nitrogens with zero attached hydrogens (tertiary/aromatic N) is 1. The molecule has 1 aliphatic heterocycles. The highest BCUT2D eigenvalue weighted by Gasteiger charge is 2.26. The van der Waals surface area contributed by atoms with Crippen molar-refractivity contribution in [2.24, 2.45) is 5.84 Å². The van der Waals surface area contributed by atoms with Crippen LogP contribution in [0.3, 0.4) is 0 Å². The summed E-state index contributed by atoms with van der Waals surface area (Å²) in [5.74, 6) is 6.30. The summed E-state index contributed by atoms with van der Waals surface area (Å²) in [5, 5.41) is 0. The highest BCUT2D eigenvalue weighted by atomic mass is 16.5. The molecule has 1 aromatic rings. The maximum absolute atomic E-state index is 5.85. The molecule has 0 aliphatic carbocycles. The van der Waals surface area contributed by atoms with Crippen molar-refractivity contribution in [2.45, 2.75) is 38.3 Å². The van der Waals surface area contributed by atoms with Gasteiger partial charge in [-0.05, 0) is 30.5 Å². The molecule has 0 aromatic heterocycles. The first kappa shape index (κ1) is 15.4. The lowest BCUT2D eigenvalue weighted by Crippen LogP contribution is -2.54. The number of nitrogens with two attached hydrogens (primary N) is 1. The Morgan fingerprint density at radius 2 is 2.05 bits per heavy atom. The van der Waals surface area contributed by atoms with E-state index in [4.69, 9.17) is 10.6 Å². The van der Waals surface area contributed by atoms with Crippen LogP contribution in [-0.4, -0.2) is 43.8 Å². The number of nitrogens with one attached hydrogen (secondary N) is 1. The Kier molecular flexibility index (Phi) is 5.54. The van der Waals surface area contributed by atoms with Gasteiger partial charge in [-0.1, -0.05) is 38.1 Å². The minimum Gasteiger partial charge on any atom is -0.374 e. The van der Waals surface area contributed by atoms with Crippen LogP contribution in [0.4, 0.5) is 0 Å². The molecule has 0 saturated carbocycles. The van der Waals surface area contributed by atoms with Gasteiger partial charge in [0.2, 0.25) is 0 Å². The fourth-order valence-electron chi connectivity index (χ4n) is 2.64. The Labute approximate surface area is 122 Å². The number of ether oxygens (including phenoxy) is 1. The van der Waals surface area contributed by atoms with Gasteiger partial charge in [0.05, 0.1) is 18.8 Å². The topological polar surface area (TPSA) is 50.5 Å². The summed E-state index contributed by atoms with van der Waals surface area (Å²) in [5.41, 5.74) is 5.60. The summed E-state index contributed by atoms with van der Waals surface area (Å²) in [6.07, 6.45) is 1.05. The zero-order chi connectivity index (χ0) is 14.5. The third kappa shape index (κ3) is 4.03. The second kappa shape index (κ2) is 7.18. The minimum absolute atomic E-state index is 0.155. The number of rotatable bonds is 5. The molecular weight excluding hydrogens is 250 g/mol. The van der Waals surface area contributed by atoms with Crippen LogP contribution in [0.25, 0.3) is 0 Å². The van der Waals surface area contributed by atoms with E-state index in [1.807, 2.05) is 0 Å². The second-order valence-corrected chi connectivity index (χ2v) is 6.05. The van der Waals surface area contributed by atoms with Crippen LogP contribution in [0, 0.1) is 0 Å². The molecule has 2 atom stereocenters. The molecule has 1 aromatic carbocycles. The molecule has 1 aliphatic rings. The van der Waals surface area contributed by atoms with E-state index in [0.717, 1.165) is 26.1 Å². The minimum atomic E-state index is 0.155. The Morgan fingerprint density at radius 1 is 1.35 bits per heavy atom. The summed E-state index contributed by atoms with van der Waals surface area (Å²) < 4.78 is 5.85. The molecule has 2 rings (SSSR count). The van der Waals surface area contributed by atoms with E-state index in [1.165, 1.54) is 11.1 Å². The van der Waals surface area contributed by atoms with Crippen LogP contribution >= 0.6 is 0 Å². The molecule has 0 spiro atoms. The van der Waals surface area contributed by atoms with E-state index in [0.29, 0.717) is 5.92 Å². The van der Waals surface area contributed by atoms with Crippen LogP contribution < -0.4 is 11.3 Å². The third-order valence-electron chi connectivity index (χ3n) is 4.06. The maximum atomic E-state index is 5.85. The Hall–Kier alpha value is -0.940. The first-order valence-corrected chi connectivity index (χ1v) is 7.45. The Balaban J connectivity index is 1.98. The highest BCUT2D eigenvalue weighted by Crippen LogP contribution is 2.17. The maximum Gasteiger partial charge on any atom is 0.0871 e. The van der Waals surface area contributed by atoms with Crippen molar-refractivity contribution < 1.29 is 4.74 Å². The lowest BCUT2D eigenvalue weighted by Gasteiger charge is -2.35. The molecule has 4 heteroatoms. The van der Waals surface area contributed by atoms with Gasteiger partial charge in [0, 0.05) is 13.1 Å². The van der Waals surface area contributed by atoms with Gasteiger partial charge in [-0.15, -0.1) is 0 Å². The average molecular weight is 277 g/mol. The quantitative estimate of drug-likeness (QED) is 0.633. The van der Waals surface area contributed by atoms with Gasteiger partial charge in [0.15, 0.2) is 0 Å². The number of hydrogen-bond donors (Lipinski definition) is 2. The summed E-state index contributed by atoms with van der Waals surface area (Å²) >= 11 is 0. The predicted molar refractivity (Wildman–Crippen MR) is 82.6 cm³/mol. The van der Waals surface area contributed by atoms with E-state index < -0.39 is 0 Å². The van der Waals surface area contributed by atoms with Gasteiger partial charge >= 0.3 is 0 Å². The normalized spacial score (nSPS) is 22.1. The fourth-order valence-corrected chi connectivity index (χ4v) is 2.64. The number of likely N-dealkylation sites (N-methyl/N-ethyl adjacent to an activating group) is 1. The van der Waals surface area contributed by atoms with Crippen LogP contribution in [0.5, 0.6) is 0 Å². The van der Waals surface area contributed by atoms with Crippen molar-refractivity contribution in [2.75, 3.05) is 26.7 Å². The van der Waals surface area contributed by atoms with Gasteiger partial charge in [-0.2, -0.15) is 0 Å². The van der Waals surface area contributed by atoms with Gasteiger partial charge in [-0.25, -0.2) is 0 Å². The molecule has 4 nitrogen and oxygen atoms in total. The number of morpholine rings is 1. The van der Waals surface area contributed by atoms with Gasteiger partial charge in [0.25, 0.3) is 0 Å². The summed E-state index contributed by atoms with van der Waals surface area (Å²) in [6, 6.07) is 8.98. The van der Waals surface area contributed by atoms with Gasteiger partial charge in [-0.3, -0.25) is 11.3 Å². The molecule has 112 valence electrons. The van der Waals surface area contributed by atoms with Crippen LogP contribution in [0.2, 0.25) is 0 Å². The molecule has 3 N–H and O–H groups in total. The van der Waals surface area contributed by atoms with Crippen LogP contribution in [0.15, 0.2) is 24.3 Å². The molecule has 1 heterocycles. The van der Waals surface area contributed by atoms with Crippen molar-refractivity contribution in [3.05, 3.63) is 35.4 Å². The van der Waals surface area contributed by atoms with Crippen molar-refractivity contribution >= 4 is 0 Å². The summed E-state index contributed by atoms with van der Waals surface area (Å²) in [6.45, 7) is 7.14. The van der Waals surface area contributed by atoms with Crippen LogP contribution in [0.1, 0.15) is 30.9 Å². The Morgan fingerprint density at radius 3 is 2.60 bits per heavy atom. The smallest absolute Gasteiger partial charge is 0.0871 e. The molecular formula is C16H27N3O. The zero-order valence-corrected chi connectivity index (χ0v) is 12.8.